The first-order chi connectivity index (χ1) is 42.2. The molecule has 3 N–H and O–H groups in total. The van der Waals surface area contributed by atoms with Crippen molar-refractivity contribution >= 4 is 70.4 Å². The van der Waals surface area contributed by atoms with Gasteiger partial charge in [-0.1, -0.05) is 115 Å². The Hall–Kier alpha value is -6.14. The molecule has 0 aliphatic carbocycles. The summed E-state index contributed by atoms with van der Waals surface area (Å²) in [5.74, 6) is -1.21. The summed E-state index contributed by atoms with van der Waals surface area (Å²) in [4.78, 5) is 53.2. The largest absolute Gasteiger partial charge is 1.00 e. The second kappa shape index (κ2) is 34.0. The third-order valence-corrected chi connectivity index (χ3v) is 18.1. The molecule has 23 heteroatoms. The summed E-state index contributed by atoms with van der Waals surface area (Å²) in [6.45, 7) is 6.16. The minimum absolute atomic E-state index is 0. The number of piperidine rings is 3. The predicted octanol–water partition coefficient (Wildman–Crippen LogP) is 10.4. The van der Waals surface area contributed by atoms with Crippen LogP contribution >= 0.6 is 36.4 Å². The standard InChI is InChI=1S/C18H13ClFN3.2C17H23NO3.C15H21NO2.2ClH.H2O4S/c1-11-21-9-13-10-22-18(14-4-2-3-5-16(14)20)15-8-12(19)6-7-17(15)23(11)13;2*1-18-13-7-8-14(18)10-15(9-13)21-17(20)16(11-19)12-5-3-2-4-6-12;1-3-18-14(17)15(9-11-16(2)12-10-15)13-7-5-4-6-8-13;;;1-5(2,3)4/h2-9H,10H2,1H3;2*2-6,13-16,19H,7-11H2,1H3;4-8H,3,9-12H2,1-2H3;2*1H;(H2,1,2,3,4). The third kappa shape index (κ3) is 18.8. The lowest BCUT2D eigenvalue weighted by atomic mass is 9.73. The van der Waals surface area contributed by atoms with Gasteiger partial charge in [-0.25, -0.2) is 17.8 Å². The molecule has 5 fully saturated rings. The quantitative estimate of drug-likeness (QED) is 0.0447. The molecule has 6 aromatic rings. The molecule has 488 valence electrons. The van der Waals surface area contributed by atoms with E-state index in [9.17, 15) is 29.0 Å². The number of aliphatic hydroxyl groups is 2. The van der Waals surface area contributed by atoms with E-state index < -0.39 is 27.6 Å². The number of nitrogens with zero attached hydrogens (tertiary/aromatic N) is 6. The van der Waals surface area contributed by atoms with Crippen molar-refractivity contribution in [2.24, 2.45) is 4.99 Å². The van der Waals surface area contributed by atoms with Crippen LogP contribution in [0.15, 0.2) is 145 Å². The summed E-state index contributed by atoms with van der Waals surface area (Å²) in [5, 5.41) is 19.6. The van der Waals surface area contributed by atoms with Gasteiger partial charge < -0.3 is 43.7 Å². The maximum Gasteiger partial charge on any atom is 1.00 e. The fourth-order valence-corrected chi connectivity index (χ4v) is 13.2. The second-order valence-electron chi connectivity index (χ2n) is 23.3. The van der Waals surface area contributed by atoms with Crippen molar-refractivity contribution < 1.29 is 62.1 Å². The summed E-state index contributed by atoms with van der Waals surface area (Å²) in [7, 11) is 1.52. The van der Waals surface area contributed by atoms with E-state index in [0.717, 1.165) is 91.1 Å². The van der Waals surface area contributed by atoms with Gasteiger partial charge in [0, 0.05) is 40.3 Å². The van der Waals surface area contributed by atoms with E-state index in [1.807, 2.05) is 140 Å². The van der Waals surface area contributed by atoms with Crippen molar-refractivity contribution in [3.05, 3.63) is 190 Å². The first kappa shape index (κ1) is 72.9. The first-order valence-electron chi connectivity index (χ1n) is 30.1. The number of rotatable bonds is 12. The van der Waals surface area contributed by atoms with Crippen molar-refractivity contribution in [2.45, 2.75) is 138 Å². The molecule has 5 aromatic carbocycles. The molecule has 6 aliphatic heterocycles. The number of aliphatic imine (C=N–C) groups is 1. The van der Waals surface area contributed by atoms with Gasteiger partial charge in [0.2, 0.25) is 10.4 Å². The van der Waals surface area contributed by atoms with Crippen LogP contribution in [0, 0.1) is 12.7 Å². The third-order valence-electron chi connectivity index (χ3n) is 17.8. The lowest BCUT2D eigenvalue weighted by Gasteiger charge is -2.38. The van der Waals surface area contributed by atoms with E-state index in [1.165, 1.54) is 31.7 Å². The number of likely N-dealkylation sites (tertiary alicyclic amines) is 1. The highest BCUT2D eigenvalue weighted by molar-refractivity contribution is 7.79. The van der Waals surface area contributed by atoms with Gasteiger partial charge in [-0.2, -0.15) is 0 Å². The molecular weight excluding hydrogens is 1240 g/mol. The zero-order chi connectivity index (χ0) is 63.1. The molecule has 4 bridgehead atoms. The molecule has 6 aliphatic rings. The van der Waals surface area contributed by atoms with Gasteiger partial charge in [0.15, 0.2) is 0 Å². The smallest absolute Gasteiger partial charge is 0.726 e. The summed E-state index contributed by atoms with van der Waals surface area (Å²) in [5.41, 5.74) is 6.08. The van der Waals surface area contributed by atoms with E-state index in [2.05, 4.69) is 45.8 Å². The Balaban J connectivity index is 0.000000213. The number of imidazole rings is 1. The van der Waals surface area contributed by atoms with Crippen molar-refractivity contribution in [2.75, 3.05) is 54.1 Å². The number of ether oxygens (including phenoxy) is 3. The number of benzene rings is 5. The molecule has 6 atom stereocenters. The van der Waals surface area contributed by atoms with Crippen LogP contribution in [0.3, 0.4) is 0 Å². The Morgan fingerprint density at radius 3 is 1.60 bits per heavy atom. The SMILES string of the molecule is CCOC(=O)C1(c2ccccc2)CCN(C)CC1.CN1C2CCC1CC(OC(=O)C(CO)c1ccccc1)C2.CN1C2CCC1CC(OC(=O)C(CO)c1ccccc1)C2.Cc1ncc2n1-c1ccc(Cl)cc1C(c1ccccc1F)=NC2.Cl.Cl.O=S(=O)([O-])O.[H+]. The van der Waals surface area contributed by atoms with Crippen LogP contribution in [0.25, 0.3) is 5.69 Å². The van der Waals surface area contributed by atoms with Gasteiger partial charge in [0.1, 0.15) is 35.7 Å². The number of hydrogen-bond donors (Lipinski definition) is 3. The first-order valence-corrected chi connectivity index (χ1v) is 31.8. The zero-order valence-corrected chi connectivity index (χ0v) is 54.6. The molecule has 5 saturated heterocycles. The van der Waals surface area contributed by atoms with E-state index in [0.29, 0.717) is 53.6 Å². The van der Waals surface area contributed by atoms with E-state index in [-0.39, 0.29) is 75.4 Å². The number of carbonyl (C=O) groups excluding carboxylic acids is 3. The van der Waals surface area contributed by atoms with Gasteiger partial charge in [0.25, 0.3) is 0 Å². The number of fused-ring (bicyclic) bond motifs is 7. The van der Waals surface area contributed by atoms with Gasteiger partial charge in [-0.3, -0.25) is 28.5 Å². The number of aliphatic hydroxyl groups excluding tert-OH is 2. The maximum absolute atomic E-state index is 14.3. The average Bonchev–Trinajstić information content (AvgIpc) is 1.79. The lowest BCUT2D eigenvalue weighted by molar-refractivity contribution is -0.156. The maximum atomic E-state index is 14.3. The molecule has 6 unspecified atom stereocenters. The Labute approximate surface area is 546 Å². The van der Waals surface area contributed by atoms with Crippen LogP contribution in [0.4, 0.5) is 4.39 Å². The number of carbonyl (C=O) groups is 3. The number of hydrogen-bond acceptors (Lipinski definition) is 16. The minimum Gasteiger partial charge on any atom is -0.726 e. The van der Waals surface area contributed by atoms with Gasteiger partial charge in [0.05, 0.1) is 55.1 Å². The van der Waals surface area contributed by atoms with E-state index >= 15 is 0 Å². The molecule has 1 aromatic heterocycles. The zero-order valence-electron chi connectivity index (χ0n) is 52.4. The summed E-state index contributed by atoms with van der Waals surface area (Å²) < 4.78 is 65.9. The average molecular weight is 1320 g/mol. The number of aromatic nitrogens is 2. The highest BCUT2D eigenvalue weighted by Gasteiger charge is 2.44. The Bertz CT molecular complexity index is 3300. The molecule has 90 heavy (non-hydrogen) atoms. The van der Waals surface area contributed by atoms with Gasteiger partial charge in [-0.15, -0.1) is 24.8 Å². The normalized spacial score (nSPS) is 21.9. The van der Waals surface area contributed by atoms with Crippen molar-refractivity contribution in [1.29, 1.82) is 0 Å². The molecule has 18 nitrogen and oxygen atoms in total. The van der Waals surface area contributed by atoms with Crippen LogP contribution < -0.4 is 0 Å². The molecule has 7 heterocycles. The monoisotopic (exact) mass is 1320 g/mol. The van der Waals surface area contributed by atoms with Crippen LogP contribution in [0.5, 0.6) is 0 Å². The number of aryl methyl sites for hydroxylation is 1. The number of halogens is 4. The Morgan fingerprint density at radius 1 is 0.711 bits per heavy atom. The van der Waals surface area contributed by atoms with Crippen LogP contribution in [-0.2, 0) is 51.0 Å². The molecule has 0 saturated carbocycles. The molecular formula is C67H84Cl3FN6O12S. The molecule has 0 amide bonds. The highest BCUT2D eigenvalue weighted by Crippen LogP contribution is 2.39. The van der Waals surface area contributed by atoms with Crippen LogP contribution in [0.2, 0.25) is 5.02 Å². The van der Waals surface area contributed by atoms with Crippen molar-refractivity contribution in [1.82, 2.24) is 24.3 Å². The second-order valence-corrected chi connectivity index (χ2v) is 24.6. The van der Waals surface area contributed by atoms with E-state index in [1.54, 1.807) is 12.1 Å². The fraction of sp³-hybridized carbons (Fsp3) is 0.448. The number of esters is 3. The minimum atomic E-state index is -4.92. The van der Waals surface area contributed by atoms with Crippen molar-refractivity contribution in [3.8, 4) is 5.69 Å². The lowest BCUT2D eigenvalue weighted by Crippen LogP contribution is -2.47. The summed E-state index contributed by atoms with van der Waals surface area (Å²) in [6, 6.07) is 43.3. The molecule has 0 spiro atoms. The van der Waals surface area contributed by atoms with E-state index in [4.69, 9.17) is 43.3 Å². The molecule has 0 radical (unpaired) electrons. The van der Waals surface area contributed by atoms with Gasteiger partial charge in [-0.05, 0) is 159 Å². The Kier molecular flexibility index (Phi) is 27.5. The predicted molar refractivity (Wildman–Crippen MR) is 348 cm³/mol. The summed E-state index contributed by atoms with van der Waals surface area (Å²) in [6.07, 6.45) is 12.0. The van der Waals surface area contributed by atoms with Gasteiger partial charge >= 0.3 is 19.3 Å². The van der Waals surface area contributed by atoms with Crippen LogP contribution in [-0.4, -0.2) is 166 Å². The molecule has 12 rings (SSSR count). The van der Waals surface area contributed by atoms with Crippen LogP contribution in [0.1, 0.15) is 124 Å². The van der Waals surface area contributed by atoms with Crippen molar-refractivity contribution in [3.63, 3.8) is 0 Å². The summed E-state index contributed by atoms with van der Waals surface area (Å²) >= 11 is 6.19. The Morgan fingerprint density at radius 2 is 1.16 bits per heavy atom. The highest BCUT2D eigenvalue weighted by atomic mass is 35.5. The fourth-order valence-electron chi connectivity index (χ4n) is 13.0. The topological polar surface area (TPSA) is 237 Å².